The standard InChI is InChI=1S/C10H18N4O.C10H20N4/c1-3-4-5-6-7-14-10(11)9(13-15)8(2)12-14;1-3-4-5-6-7-14-10(12)9(11)8(2)13-14/h3-7,11H2,1-2H3;3-7,11-12H2,1-2H3. The molecule has 0 aliphatic heterocycles. The molecule has 0 bridgehead atoms. The summed E-state index contributed by atoms with van der Waals surface area (Å²) in [6, 6.07) is 0. The van der Waals surface area contributed by atoms with Gasteiger partial charge in [0.25, 0.3) is 0 Å². The number of nitrogen functional groups attached to an aromatic ring is 3. The Labute approximate surface area is 174 Å². The van der Waals surface area contributed by atoms with Crippen molar-refractivity contribution < 1.29 is 0 Å². The van der Waals surface area contributed by atoms with E-state index >= 15 is 0 Å². The van der Waals surface area contributed by atoms with Crippen LogP contribution in [-0.4, -0.2) is 19.6 Å². The van der Waals surface area contributed by atoms with Gasteiger partial charge in [-0.2, -0.15) is 10.2 Å². The van der Waals surface area contributed by atoms with Gasteiger partial charge in [0.1, 0.15) is 5.82 Å². The molecule has 9 nitrogen and oxygen atoms in total. The van der Waals surface area contributed by atoms with Gasteiger partial charge in [-0.25, -0.2) is 9.36 Å². The lowest BCUT2D eigenvalue weighted by molar-refractivity contribution is 0.544. The molecule has 0 aromatic carbocycles. The summed E-state index contributed by atoms with van der Waals surface area (Å²) in [6.07, 6.45) is 9.50. The van der Waals surface area contributed by atoms with Gasteiger partial charge in [0, 0.05) is 13.1 Å². The highest BCUT2D eigenvalue weighted by Gasteiger charge is 2.12. The molecule has 0 spiro atoms. The number of aromatic nitrogens is 4. The van der Waals surface area contributed by atoms with E-state index in [-0.39, 0.29) is 5.69 Å². The van der Waals surface area contributed by atoms with E-state index in [1.165, 1.54) is 38.5 Å². The lowest BCUT2D eigenvalue weighted by atomic mass is 10.2. The van der Waals surface area contributed by atoms with Gasteiger partial charge in [-0.05, 0) is 31.9 Å². The summed E-state index contributed by atoms with van der Waals surface area (Å²) in [4.78, 5) is 10.5. The van der Waals surface area contributed by atoms with Crippen LogP contribution < -0.4 is 17.2 Å². The molecule has 2 aromatic rings. The van der Waals surface area contributed by atoms with Crippen LogP contribution in [0.5, 0.6) is 0 Å². The Bertz CT molecular complexity index is 750. The highest BCUT2D eigenvalue weighted by atomic mass is 16.3. The van der Waals surface area contributed by atoms with Gasteiger partial charge in [-0.15, -0.1) is 4.91 Å². The molecule has 2 aromatic heterocycles. The molecule has 0 aliphatic carbocycles. The molecule has 164 valence electrons. The normalized spacial score (nSPS) is 10.6. The fraction of sp³-hybridized carbons (Fsp3) is 0.700. The first-order chi connectivity index (χ1) is 13.9. The van der Waals surface area contributed by atoms with Crippen molar-refractivity contribution in [1.29, 1.82) is 0 Å². The predicted molar refractivity (Wildman–Crippen MR) is 121 cm³/mol. The first-order valence-corrected chi connectivity index (χ1v) is 10.6. The molecule has 6 N–H and O–H groups in total. The predicted octanol–water partition coefficient (Wildman–Crippen LogP) is 4.69. The fourth-order valence-corrected chi connectivity index (χ4v) is 3.03. The number of hydrogen-bond donors (Lipinski definition) is 3. The molecule has 0 atom stereocenters. The maximum atomic E-state index is 10.5. The van der Waals surface area contributed by atoms with Crippen molar-refractivity contribution >= 4 is 23.0 Å². The fourth-order valence-electron chi connectivity index (χ4n) is 3.03. The molecule has 0 unspecified atom stereocenters. The molecule has 0 saturated carbocycles. The first kappa shape index (κ1) is 24.5. The number of aryl methyl sites for hydroxylation is 4. The van der Waals surface area contributed by atoms with Crippen LogP contribution in [0.15, 0.2) is 5.18 Å². The molecule has 0 fully saturated rings. The molecule has 29 heavy (non-hydrogen) atoms. The maximum Gasteiger partial charge on any atom is 0.172 e. The molecule has 0 saturated heterocycles. The van der Waals surface area contributed by atoms with Gasteiger partial charge in [0.2, 0.25) is 0 Å². The van der Waals surface area contributed by atoms with E-state index in [0.717, 1.165) is 31.6 Å². The average Bonchev–Trinajstić information content (AvgIpc) is 3.12. The van der Waals surface area contributed by atoms with Gasteiger partial charge < -0.3 is 17.2 Å². The van der Waals surface area contributed by atoms with Crippen LogP contribution in [-0.2, 0) is 13.1 Å². The third-order valence-corrected chi connectivity index (χ3v) is 4.89. The summed E-state index contributed by atoms with van der Waals surface area (Å²) >= 11 is 0. The molecule has 2 heterocycles. The Morgan fingerprint density at radius 3 is 1.62 bits per heavy atom. The number of rotatable bonds is 11. The Balaban J connectivity index is 0.000000291. The molecular weight excluding hydrogens is 368 g/mol. The van der Waals surface area contributed by atoms with Crippen molar-refractivity contribution in [3.8, 4) is 0 Å². The number of nitrogens with zero attached hydrogens (tertiary/aromatic N) is 5. The minimum absolute atomic E-state index is 0.283. The zero-order chi connectivity index (χ0) is 21.8. The number of hydrogen-bond acceptors (Lipinski definition) is 7. The minimum Gasteiger partial charge on any atom is -0.394 e. The molecule has 0 amide bonds. The van der Waals surface area contributed by atoms with E-state index in [2.05, 4.69) is 29.2 Å². The Morgan fingerprint density at radius 2 is 1.24 bits per heavy atom. The van der Waals surface area contributed by atoms with Gasteiger partial charge in [-0.1, -0.05) is 52.4 Å². The van der Waals surface area contributed by atoms with Crippen LogP contribution in [0.3, 0.4) is 0 Å². The quantitative estimate of drug-likeness (QED) is 0.365. The maximum absolute atomic E-state index is 10.5. The van der Waals surface area contributed by atoms with Gasteiger partial charge >= 0.3 is 0 Å². The second-order valence-electron chi connectivity index (χ2n) is 7.36. The van der Waals surface area contributed by atoms with E-state index in [0.29, 0.717) is 23.0 Å². The third-order valence-electron chi connectivity index (χ3n) is 4.89. The lowest BCUT2D eigenvalue weighted by Gasteiger charge is -2.03. The van der Waals surface area contributed by atoms with Crippen LogP contribution in [0.1, 0.15) is 76.6 Å². The van der Waals surface area contributed by atoms with Crippen molar-refractivity contribution in [2.75, 3.05) is 17.2 Å². The zero-order valence-corrected chi connectivity index (χ0v) is 18.4. The Kier molecular flexibility index (Phi) is 10.8. The summed E-state index contributed by atoms with van der Waals surface area (Å²) in [7, 11) is 0. The number of unbranched alkanes of at least 4 members (excludes halogenated alkanes) is 6. The first-order valence-electron chi connectivity index (χ1n) is 10.6. The van der Waals surface area contributed by atoms with Crippen molar-refractivity contribution in [2.24, 2.45) is 5.18 Å². The minimum atomic E-state index is 0.283. The van der Waals surface area contributed by atoms with Gasteiger partial charge in [0.15, 0.2) is 11.5 Å². The number of nitrogens with two attached hydrogens (primary N) is 3. The van der Waals surface area contributed by atoms with Crippen LogP contribution >= 0.6 is 0 Å². The molecule has 0 aliphatic rings. The highest BCUT2D eigenvalue weighted by Crippen LogP contribution is 2.25. The van der Waals surface area contributed by atoms with E-state index in [4.69, 9.17) is 17.2 Å². The number of anilines is 3. The largest absolute Gasteiger partial charge is 0.394 e. The van der Waals surface area contributed by atoms with E-state index in [1.807, 2.05) is 6.92 Å². The average molecular weight is 407 g/mol. The zero-order valence-electron chi connectivity index (χ0n) is 18.4. The van der Waals surface area contributed by atoms with E-state index in [9.17, 15) is 4.91 Å². The van der Waals surface area contributed by atoms with Crippen LogP contribution in [0.2, 0.25) is 0 Å². The third kappa shape index (κ3) is 7.40. The second-order valence-corrected chi connectivity index (χ2v) is 7.36. The molecule has 2 rings (SSSR count). The van der Waals surface area contributed by atoms with Crippen molar-refractivity contribution in [2.45, 2.75) is 92.2 Å². The summed E-state index contributed by atoms with van der Waals surface area (Å²) in [5.41, 5.74) is 19.6. The summed E-state index contributed by atoms with van der Waals surface area (Å²) < 4.78 is 3.47. The van der Waals surface area contributed by atoms with Crippen LogP contribution in [0, 0.1) is 18.8 Å². The van der Waals surface area contributed by atoms with Crippen LogP contribution in [0.4, 0.5) is 23.0 Å². The van der Waals surface area contributed by atoms with E-state index < -0.39 is 0 Å². The van der Waals surface area contributed by atoms with Gasteiger partial charge in [0.05, 0.1) is 17.1 Å². The Hall–Kier alpha value is -2.58. The lowest BCUT2D eigenvalue weighted by Crippen LogP contribution is -2.05. The van der Waals surface area contributed by atoms with Crippen molar-refractivity contribution in [3.63, 3.8) is 0 Å². The Morgan fingerprint density at radius 1 is 0.759 bits per heavy atom. The van der Waals surface area contributed by atoms with Crippen molar-refractivity contribution in [3.05, 3.63) is 16.3 Å². The SMILES string of the molecule is CCCCCCn1nc(C)c(N)c1N.CCCCCCn1nc(C)c(N=O)c1N. The van der Waals surface area contributed by atoms with Crippen molar-refractivity contribution in [1.82, 2.24) is 19.6 Å². The molecule has 0 radical (unpaired) electrons. The van der Waals surface area contributed by atoms with Crippen LogP contribution in [0.25, 0.3) is 0 Å². The summed E-state index contributed by atoms with van der Waals surface area (Å²) in [5.74, 6) is 0.998. The molecule has 9 heteroatoms. The molecular formula is C20H38N8O. The monoisotopic (exact) mass is 406 g/mol. The van der Waals surface area contributed by atoms with E-state index in [1.54, 1.807) is 16.3 Å². The highest BCUT2D eigenvalue weighted by molar-refractivity contribution is 5.61. The topological polar surface area (TPSA) is 143 Å². The number of nitroso groups, excluding NO2 is 1. The summed E-state index contributed by atoms with van der Waals surface area (Å²) in [6.45, 7) is 9.64. The van der Waals surface area contributed by atoms with Gasteiger partial charge in [-0.3, -0.25) is 0 Å². The smallest absolute Gasteiger partial charge is 0.172 e. The summed E-state index contributed by atoms with van der Waals surface area (Å²) in [5, 5.41) is 11.3. The second kappa shape index (κ2) is 12.8.